The molecule has 0 bridgehead atoms. The van der Waals surface area contributed by atoms with E-state index in [2.05, 4.69) is 34.5 Å². The summed E-state index contributed by atoms with van der Waals surface area (Å²) in [4.78, 5) is 15.1. The number of nitrogens with zero attached hydrogens (tertiary/aromatic N) is 2. The van der Waals surface area contributed by atoms with E-state index in [-0.39, 0.29) is 17.8 Å². The van der Waals surface area contributed by atoms with E-state index in [9.17, 15) is 9.18 Å². The second-order valence-electron chi connectivity index (χ2n) is 7.30. The van der Waals surface area contributed by atoms with Crippen molar-refractivity contribution in [1.29, 1.82) is 0 Å². The molecule has 0 unspecified atom stereocenters. The molecule has 0 spiro atoms. The minimum absolute atomic E-state index is 0.0874. The van der Waals surface area contributed by atoms with Gasteiger partial charge >= 0.3 is 0 Å². The maximum Gasteiger partial charge on any atom is 0.268 e. The first-order valence-electron chi connectivity index (χ1n) is 9.42. The van der Waals surface area contributed by atoms with Gasteiger partial charge in [-0.2, -0.15) is 0 Å². The van der Waals surface area contributed by atoms with E-state index in [1.807, 2.05) is 17.7 Å². The number of fused-ring (bicyclic) bond motifs is 1. The largest absolute Gasteiger partial charge is 0.348 e. The second-order valence-corrected chi connectivity index (χ2v) is 7.30. The number of nitrogens with one attached hydrogen (secondary N) is 1. The Hall–Kier alpha value is -2.66. The molecular formula is C22H24FN3O. The molecule has 0 atom stereocenters. The summed E-state index contributed by atoms with van der Waals surface area (Å²) in [5, 5.41) is 3.91. The standard InChI is InChI=1S/C22H24FN3O/c1-25-20-8-7-18(23)13-17(20)14-21(25)22(27)24-19-9-11-26(12-10-19)15-16-5-3-2-4-6-16/h2-8,13-14,19H,9-12,15H2,1H3,(H,24,27). The molecule has 1 saturated heterocycles. The summed E-state index contributed by atoms with van der Waals surface area (Å²) in [6.07, 6.45) is 1.88. The highest BCUT2D eigenvalue weighted by Gasteiger charge is 2.22. The Bertz CT molecular complexity index is 943. The molecule has 1 N–H and O–H groups in total. The van der Waals surface area contributed by atoms with E-state index in [1.165, 1.54) is 17.7 Å². The van der Waals surface area contributed by atoms with Gasteiger partial charge in [-0.3, -0.25) is 9.69 Å². The van der Waals surface area contributed by atoms with Crippen LogP contribution in [0.15, 0.2) is 54.6 Å². The first-order chi connectivity index (χ1) is 13.1. The van der Waals surface area contributed by atoms with Gasteiger partial charge in [0.25, 0.3) is 5.91 Å². The van der Waals surface area contributed by atoms with Crippen molar-refractivity contribution in [2.45, 2.75) is 25.4 Å². The predicted octanol–water partition coefficient (Wildman–Crippen LogP) is 3.71. The topological polar surface area (TPSA) is 37.3 Å². The van der Waals surface area contributed by atoms with Crippen LogP contribution in [-0.4, -0.2) is 34.5 Å². The Morgan fingerprint density at radius 1 is 1.11 bits per heavy atom. The molecule has 2 heterocycles. The molecule has 0 radical (unpaired) electrons. The second kappa shape index (κ2) is 7.53. The molecule has 5 heteroatoms. The quantitative estimate of drug-likeness (QED) is 0.765. The number of benzene rings is 2. The average Bonchev–Trinajstić information content (AvgIpc) is 3.00. The normalized spacial score (nSPS) is 15.9. The van der Waals surface area contributed by atoms with Crippen LogP contribution in [0.3, 0.4) is 0 Å². The van der Waals surface area contributed by atoms with Crippen LogP contribution in [0.2, 0.25) is 0 Å². The van der Waals surface area contributed by atoms with Gasteiger partial charge < -0.3 is 9.88 Å². The van der Waals surface area contributed by atoms with E-state index in [0.29, 0.717) is 5.69 Å². The van der Waals surface area contributed by atoms with Crippen LogP contribution in [0.5, 0.6) is 0 Å². The predicted molar refractivity (Wildman–Crippen MR) is 105 cm³/mol. The molecule has 1 aromatic heterocycles. The zero-order chi connectivity index (χ0) is 18.8. The van der Waals surface area contributed by atoms with Crippen molar-refractivity contribution in [3.8, 4) is 0 Å². The number of hydrogen-bond donors (Lipinski definition) is 1. The summed E-state index contributed by atoms with van der Waals surface area (Å²) in [6.45, 7) is 2.90. The van der Waals surface area contributed by atoms with Gasteiger partial charge in [0.2, 0.25) is 0 Å². The van der Waals surface area contributed by atoms with Crippen molar-refractivity contribution in [3.05, 3.63) is 71.7 Å². The Labute approximate surface area is 158 Å². The molecule has 1 aliphatic rings. The highest BCUT2D eigenvalue weighted by atomic mass is 19.1. The fraction of sp³-hybridized carbons (Fsp3) is 0.318. The van der Waals surface area contributed by atoms with E-state index >= 15 is 0 Å². The lowest BCUT2D eigenvalue weighted by Gasteiger charge is -2.32. The van der Waals surface area contributed by atoms with Crippen LogP contribution < -0.4 is 5.32 Å². The number of aryl methyl sites for hydroxylation is 1. The van der Waals surface area contributed by atoms with Crippen molar-refractivity contribution < 1.29 is 9.18 Å². The molecule has 0 saturated carbocycles. The summed E-state index contributed by atoms with van der Waals surface area (Å²) in [6, 6.07) is 17.0. The number of aromatic nitrogens is 1. The monoisotopic (exact) mass is 365 g/mol. The number of rotatable bonds is 4. The highest BCUT2D eigenvalue weighted by molar-refractivity contribution is 5.98. The molecule has 140 valence electrons. The van der Waals surface area contributed by atoms with Crippen LogP contribution in [0.1, 0.15) is 28.9 Å². The van der Waals surface area contributed by atoms with E-state index in [1.54, 1.807) is 12.1 Å². The molecule has 1 fully saturated rings. The van der Waals surface area contributed by atoms with Crippen molar-refractivity contribution in [2.75, 3.05) is 13.1 Å². The van der Waals surface area contributed by atoms with Gasteiger partial charge in [0.05, 0.1) is 0 Å². The highest BCUT2D eigenvalue weighted by Crippen LogP contribution is 2.21. The lowest BCUT2D eigenvalue weighted by atomic mass is 10.0. The first kappa shape index (κ1) is 17.7. The van der Waals surface area contributed by atoms with Gasteiger partial charge in [0, 0.05) is 43.6 Å². The molecule has 3 aromatic rings. The van der Waals surface area contributed by atoms with Gasteiger partial charge in [-0.15, -0.1) is 0 Å². The molecule has 27 heavy (non-hydrogen) atoms. The molecule has 1 amide bonds. The minimum atomic E-state index is -0.286. The molecule has 4 nitrogen and oxygen atoms in total. The maximum absolute atomic E-state index is 13.4. The van der Waals surface area contributed by atoms with Crippen LogP contribution in [-0.2, 0) is 13.6 Å². The van der Waals surface area contributed by atoms with Crippen LogP contribution >= 0.6 is 0 Å². The third-order valence-corrected chi connectivity index (χ3v) is 5.41. The van der Waals surface area contributed by atoms with E-state index < -0.39 is 0 Å². The third kappa shape index (κ3) is 3.88. The summed E-state index contributed by atoms with van der Waals surface area (Å²) in [5.41, 5.74) is 2.75. The summed E-state index contributed by atoms with van der Waals surface area (Å²) in [5.74, 6) is -0.374. The SMILES string of the molecule is Cn1c(C(=O)NC2CCN(Cc3ccccc3)CC2)cc2cc(F)ccc21. The van der Waals surface area contributed by atoms with E-state index in [0.717, 1.165) is 43.4 Å². The van der Waals surface area contributed by atoms with Crippen molar-refractivity contribution in [3.63, 3.8) is 0 Å². The molecular weight excluding hydrogens is 341 g/mol. The summed E-state index contributed by atoms with van der Waals surface area (Å²) in [7, 11) is 1.84. The smallest absolute Gasteiger partial charge is 0.268 e. The molecule has 1 aliphatic heterocycles. The lowest BCUT2D eigenvalue weighted by molar-refractivity contribution is 0.0901. The van der Waals surface area contributed by atoms with Gasteiger partial charge in [0.15, 0.2) is 0 Å². The molecule has 0 aliphatic carbocycles. The molecule has 4 rings (SSSR count). The number of halogens is 1. The van der Waals surface area contributed by atoms with Gasteiger partial charge in [-0.25, -0.2) is 4.39 Å². The zero-order valence-electron chi connectivity index (χ0n) is 15.5. The number of carbonyl (C=O) groups excluding carboxylic acids is 1. The number of piperidine rings is 1. The van der Waals surface area contributed by atoms with Crippen molar-refractivity contribution in [2.24, 2.45) is 7.05 Å². The number of likely N-dealkylation sites (tertiary alicyclic amines) is 1. The maximum atomic E-state index is 13.4. The first-order valence-corrected chi connectivity index (χ1v) is 9.42. The average molecular weight is 365 g/mol. The van der Waals surface area contributed by atoms with Crippen LogP contribution in [0.25, 0.3) is 10.9 Å². The van der Waals surface area contributed by atoms with Crippen molar-refractivity contribution >= 4 is 16.8 Å². The summed E-state index contributed by atoms with van der Waals surface area (Å²) < 4.78 is 15.3. The molecule has 2 aromatic carbocycles. The zero-order valence-corrected chi connectivity index (χ0v) is 15.5. The number of hydrogen-bond acceptors (Lipinski definition) is 2. The van der Waals surface area contributed by atoms with Gasteiger partial charge in [0.1, 0.15) is 11.5 Å². The number of carbonyl (C=O) groups is 1. The van der Waals surface area contributed by atoms with Crippen LogP contribution in [0, 0.1) is 5.82 Å². The Kier molecular flexibility index (Phi) is 4.94. The van der Waals surface area contributed by atoms with Gasteiger partial charge in [-0.05, 0) is 42.7 Å². The Morgan fingerprint density at radius 3 is 2.59 bits per heavy atom. The minimum Gasteiger partial charge on any atom is -0.348 e. The number of amides is 1. The Balaban J connectivity index is 1.36. The van der Waals surface area contributed by atoms with Crippen molar-refractivity contribution in [1.82, 2.24) is 14.8 Å². The summed E-state index contributed by atoms with van der Waals surface area (Å²) >= 11 is 0. The third-order valence-electron chi connectivity index (χ3n) is 5.41. The van der Waals surface area contributed by atoms with Gasteiger partial charge in [-0.1, -0.05) is 30.3 Å². The van der Waals surface area contributed by atoms with E-state index in [4.69, 9.17) is 0 Å². The fourth-order valence-corrected chi connectivity index (χ4v) is 3.87. The van der Waals surface area contributed by atoms with Crippen LogP contribution in [0.4, 0.5) is 4.39 Å². The fourth-order valence-electron chi connectivity index (χ4n) is 3.87. The Morgan fingerprint density at radius 2 is 1.85 bits per heavy atom. The lowest BCUT2D eigenvalue weighted by Crippen LogP contribution is -2.44.